The molecule has 0 aliphatic carbocycles. The highest BCUT2D eigenvalue weighted by atomic mass is 19.4. The first-order valence-corrected chi connectivity index (χ1v) is 8.89. The maximum atomic E-state index is 13.2. The van der Waals surface area contributed by atoms with Crippen LogP contribution in [0.25, 0.3) is 0 Å². The molecule has 1 amide bonds. The number of alkyl carbamates (subject to hydrolysis) is 1. The Labute approximate surface area is 161 Å². The Hall–Kier alpha value is -2.52. The van der Waals surface area contributed by atoms with Gasteiger partial charge in [0.1, 0.15) is 11.2 Å². The average molecular weight is 403 g/mol. The maximum absolute atomic E-state index is 13.2. The number of halogens is 3. The minimum atomic E-state index is -4.82. The highest BCUT2D eigenvalue weighted by molar-refractivity contribution is 5.68. The lowest BCUT2D eigenvalue weighted by atomic mass is 9.97. The number of benzene rings is 1. The van der Waals surface area contributed by atoms with E-state index in [1.54, 1.807) is 25.7 Å². The van der Waals surface area contributed by atoms with E-state index in [2.05, 4.69) is 5.32 Å². The average Bonchev–Trinajstić information content (AvgIpc) is 2.51. The number of hydrogen-bond acceptors (Lipinski definition) is 5. The van der Waals surface area contributed by atoms with Crippen molar-refractivity contribution in [1.82, 2.24) is 5.32 Å². The zero-order valence-electron chi connectivity index (χ0n) is 16.2. The van der Waals surface area contributed by atoms with Crippen molar-refractivity contribution in [2.24, 2.45) is 0 Å². The van der Waals surface area contributed by atoms with Crippen LogP contribution in [0.4, 0.5) is 29.3 Å². The molecule has 1 aliphatic heterocycles. The molecular formula is C18H24F3N3O4. The quantitative estimate of drug-likeness (QED) is 0.594. The standard InChI is InChI=1S/C18H24F3N3O4/c1-11-9-12(22-16(25)28-17(2,3)4)7-8-23(11)13-5-6-15(24(26)27)14(10-13)18(19,20)21/h5-6,10-12H,7-9H2,1-4H3,(H,22,25). The van der Waals surface area contributed by atoms with E-state index in [1.807, 2.05) is 6.92 Å². The molecule has 1 aromatic carbocycles. The molecule has 2 atom stereocenters. The second-order valence-corrected chi connectivity index (χ2v) is 7.87. The van der Waals surface area contributed by atoms with Crippen molar-refractivity contribution in [3.63, 3.8) is 0 Å². The fraction of sp³-hybridized carbons (Fsp3) is 0.611. The number of rotatable bonds is 3. The lowest BCUT2D eigenvalue weighted by Gasteiger charge is -2.39. The summed E-state index contributed by atoms with van der Waals surface area (Å²) in [5.74, 6) is 0. The van der Waals surface area contributed by atoms with Crippen molar-refractivity contribution in [2.75, 3.05) is 11.4 Å². The van der Waals surface area contributed by atoms with Gasteiger partial charge in [0, 0.05) is 30.4 Å². The van der Waals surface area contributed by atoms with Crippen molar-refractivity contribution >= 4 is 17.5 Å². The van der Waals surface area contributed by atoms with Crippen LogP contribution in [0, 0.1) is 10.1 Å². The molecule has 2 rings (SSSR count). The van der Waals surface area contributed by atoms with Crippen LogP contribution in [-0.4, -0.2) is 35.2 Å². The number of anilines is 1. The lowest BCUT2D eigenvalue weighted by molar-refractivity contribution is -0.388. The number of ether oxygens (including phenoxy) is 1. The van der Waals surface area contributed by atoms with Gasteiger partial charge in [-0.05, 0) is 52.7 Å². The third-order valence-electron chi connectivity index (χ3n) is 4.41. The molecule has 0 aromatic heterocycles. The Bertz CT molecular complexity index is 747. The normalized spacial score (nSPS) is 20.6. The Kier molecular flexibility index (Phi) is 6.10. The van der Waals surface area contributed by atoms with E-state index >= 15 is 0 Å². The smallest absolute Gasteiger partial charge is 0.423 e. The Morgan fingerprint density at radius 2 is 1.96 bits per heavy atom. The molecule has 2 unspecified atom stereocenters. The first kappa shape index (κ1) is 21.8. The predicted octanol–water partition coefficient (Wildman–Crippen LogP) is 4.50. The van der Waals surface area contributed by atoms with E-state index in [0.717, 1.165) is 12.1 Å². The third kappa shape index (κ3) is 5.49. The molecule has 1 saturated heterocycles. The van der Waals surface area contributed by atoms with Crippen LogP contribution in [0.5, 0.6) is 0 Å². The van der Waals surface area contributed by atoms with Crippen molar-refractivity contribution < 1.29 is 27.6 Å². The first-order valence-electron chi connectivity index (χ1n) is 8.89. The fourth-order valence-electron chi connectivity index (χ4n) is 3.25. The lowest BCUT2D eigenvalue weighted by Crippen LogP contribution is -2.49. The minimum Gasteiger partial charge on any atom is -0.444 e. The van der Waals surface area contributed by atoms with Crippen LogP contribution < -0.4 is 10.2 Å². The fourth-order valence-corrected chi connectivity index (χ4v) is 3.25. The largest absolute Gasteiger partial charge is 0.444 e. The number of nitro groups is 1. The summed E-state index contributed by atoms with van der Waals surface area (Å²) in [6.45, 7) is 7.49. The number of piperidine rings is 1. The molecule has 0 bridgehead atoms. The summed E-state index contributed by atoms with van der Waals surface area (Å²) in [6, 6.07) is 2.69. The number of alkyl halides is 3. The van der Waals surface area contributed by atoms with E-state index in [-0.39, 0.29) is 17.8 Å². The SMILES string of the molecule is CC1CC(NC(=O)OC(C)(C)C)CCN1c1ccc([N+](=O)[O-])c(C(F)(F)F)c1. The molecule has 28 heavy (non-hydrogen) atoms. The van der Waals surface area contributed by atoms with E-state index in [1.165, 1.54) is 6.07 Å². The molecule has 0 radical (unpaired) electrons. The van der Waals surface area contributed by atoms with Crippen LogP contribution in [0.2, 0.25) is 0 Å². The van der Waals surface area contributed by atoms with Crippen molar-refractivity contribution in [3.05, 3.63) is 33.9 Å². The highest BCUT2D eigenvalue weighted by Crippen LogP contribution is 2.39. The zero-order chi connectivity index (χ0) is 21.3. The zero-order valence-corrected chi connectivity index (χ0v) is 16.2. The van der Waals surface area contributed by atoms with E-state index in [0.29, 0.717) is 19.4 Å². The predicted molar refractivity (Wildman–Crippen MR) is 97.3 cm³/mol. The Morgan fingerprint density at radius 3 is 2.46 bits per heavy atom. The molecule has 0 saturated carbocycles. The van der Waals surface area contributed by atoms with Crippen molar-refractivity contribution in [2.45, 2.75) is 64.4 Å². The summed E-state index contributed by atoms with van der Waals surface area (Å²) >= 11 is 0. The van der Waals surface area contributed by atoms with Gasteiger partial charge in [-0.1, -0.05) is 0 Å². The summed E-state index contributed by atoms with van der Waals surface area (Å²) in [7, 11) is 0. The molecule has 10 heteroatoms. The van der Waals surface area contributed by atoms with Gasteiger partial charge >= 0.3 is 12.3 Å². The van der Waals surface area contributed by atoms with Gasteiger partial charge in [0.2, 0.25) is 0 Å². The minimum absolute atomic E-state index is 0.166. The number of nitro benzene ring substituents is 1. The Morgan fingerprint density at radius 1 is 1.32 bits per heavy atom. The number of carbonyl (C=O) groups excluding carboxylic acids is 1. The van der Waals surface area contributed by atoms with Crippen LogP contribution in [-0.2, 0) is 10.9 Å². The number of hydrogen-bond donors (Lipinski definition) is 1. The van der Waals surface area contributed by atoms with Gasteiger partial charge in [0.15, 0.2) is 0 Å². The van der Waals surface area contributed by atoms with Gasteiger partial charge in [-0.3, -0.25) is 10.1 Å². The molecule has 1 aromatic rings. The van der Waals surface area contributed by atoms with Crippen LogP contribution in [0.15, 0.2) is 18.2 Å². The molecule has 1 heterocycles. The number of nitrogens with zero attached hydrogens (tertiary/aromatic N) is 2. The summed E-state index contributed by atoms with van der Waals surface area (Å²) < 4.78 is 44.9. The van der Waals surface area contributed by atoms with Crippen LogP contribution in [0.1, 0.15) is 46.1 Å². The molecule has 1 fully saturated rings. The molecule has 1 N–H and O–H groups in total. The number of nitrogens with one attached hydrogen (secondary N) is 1. The Balaban J connectivity index is 2.12. The monoisotopic (exact) mass is 403 g/mol. The highest BCUT2D eigenvalue weighted by Gasteiger charge is 2.39. The molecule has 1 aliphatic rings. The molecule has 156 valence electrons. The van der Waals surface area contributed by atoms with Gasteiger partial charge in [0.25, 0.3) is 5.69 Å². The maximum Gasteiger partial charge on any atom is 0.423 e. The second kappa shape index (κ2) is 7.84. The van der Waals surface area contributed by atoms with Gasteiger partial charge in [0.05, 0.1) is 4.92 Å². The first-order chi connectivity index (χ1) is 12.8. The van der Waals surface area contributed by atoms with E-state index in [9.17, 15) is 28.1 Å². The van der Waals surface area contributed by atoms with Crippen molar-refractivity contribution in [1.29, 1.82) is 0 Å². The molecule has 7 nitrogen and oxygen atoms in total. The van der Waals surface area contributed by atoms with Crippen LogP contribution in [0.3, 0.4) is 0 Å². The van der Waals surface area contributed by atoms with E-state index < -0.39 is 34.0 Å². The van der Waals surface area contributed by atoms with E-state index in [4.69, 9.17) is 4.74 Å². The molecular weight excluding hydrogens is 379 g/mol. The van der Waals surface area contributed by atoms with Gasteiger partial charge in [-0.2, -0.15) is 13.2 Å². The van der Waals surface area contributed by atoms with Gasteiger partial charge < -0.3 is 15.0 Å². The van der Waals surface area contributed by atoms with Gasteiger partial charge in [-0.15, -0.1) is 0 Å². The number of amides is 1. The van der Waals surface area contributed by atoms with Crippen molar-refractivity contribution in [3.8, 4) is 0 Å². The topological polar surface area (TPSA) is 84.7 Å². The second-order valence-electron chi connectivity index (χ2n) is 7.87. The number of carbonyl (C=O) groups is 1. The van der Waals surface area contributed by atoms with Gasteiger partial charge in [-0.25, -0.2) is 4.79 Å². The molecule has 0 spiro atoms. The summed E-state index contributed by atoms with van der Waals surface area (Å²) in [4.78, 5) is 23.5. The summed E-state index contributed by atoms with van der Waals surface area (Å²) in [6.07, 6.45) is -4.33. The summed E-state index contributed by atoms with van der Waals surface area (Å²) in [5.41, 5.74) is -2.59. The summed E-state index contributed by atoms with van der Waals surface area (Å²) in [5, 5.41) is 13.7. The third-order valence-corrected chi connectivity index (χ3v) is 4.41. The van der Waals surface area contributed by atoms with Crippen LogP contribution >= 0.6 is 0 Å².